The smallest absolute Gasteiger partial charge is 0.251 e. The van der Waals surface area contributed by atoms with Crippen LogP contribution in [0.4, 0.5) is 0 Å². The summed E-state index contributed by atoms with van der Waals surface area (Å²) in [6.45, 7) is 7.11. The molecule has 1 fully saturated rings. The number of hydrogen-bond donors (Lipinski definition) is 1. The Labute approximate surface area is 212 Å². The summed E-state index contributed by atoms with van der Waals surface area (Å²) in [4.78, 5) is 20.0. The van der Waals surface area contributed by atoms with Crippen LogP contribution in [0.5, 0.6) is 11.5 Å². The Bertz CT molecular complexity index is 1380. The first-order valence-electron chi connectivity index (χ1n) is 12.8. The lowest BCUT2D eigenvalue weighted by Gasteiger charge is -2.23. The molecule has 1 aliphatic rings. The van der Waals surface area contributed by atoms with Gasteiger partial charge >= 0.3 is 0 Å². The summed E-state index contributed by atoms with van der Waals surface area (Å²) < 4.78 is 7.97. The standard InChI is InChI=1S/C29H33N5O2/c1-4-20-15-21(9-11-26(20)29(35)31-19-23-7-6-14-34(23)5-2)27-16-25(12-13-30-27)36-24-10-8-22-18-32-33(3)28(22)17-24/h8-13,15-18,23H,4-7,14,19H2,1-3H3,(H,31,35). The summed E-state index contributed by atoms with van der Waals surface area (Å²) in [5.74, 6) is 1.45. The van der Waals surface area contributed by atoms with Gasteiger partial charge in [0.2, 0.25) is 0 Å². The van der Waals surface area contributed by atoms with Crippen molar-refractivity contribution < 1.29 is 9.53 Å². The van der Waals surface area contributed by atoms with Crippen LogP contribution in [0.15, 0.2) is 60.9 Å². The highest BCUT2D eigenvalue weighted by atomic mass is 16.5. The number of likely N-dealkylation sites (N-methyl/N-ethyl adjacent to an activating group) is 1. The van der Waals surface area contributed by atoms with Gasteiger partial charge in [0.25, 0.3) is 5.91 Å². The molecular weight excluding hydrogens is 450 g/mol. The van der Waals surface area contributed by atoms with E-state index in [0.717, 1.165) is 65.0 Å². The SMILES string of the molecule is CCc1cc(-c2cc(Oc3ccc4cnn(C)c4c3)ccn2)ccc1C(=O)NCC1CCCN1CC. The van der Waals surface area contributed by atoms with Gasteiger partial charge in [0.05, 0.1) is 17.4 Å². The number of aromatic nitrogens is 3. The minimum Gasteiger partial charge on any atom is -0.457 e. The Morgan fingerprint density at radius 3 is 2.81 bits per heavy atom. The Hall–Kier alpha value is -3.71. The van der Waals surface area contributed by atoms with Gasteiger partial charge in [-0.2, -0.15) is 5.10 Å². The third-order valence-corrected chi connectivity index (χ3v) is 7.12. The van der Waals surface area contributed by atoms with Crippen molar-refractivity contribution >= 4 is 16.8 Å². The van der Waals surface area contributed by atoms with Gasteiger partial charge in [-0.3, -0.25) is 19.4 Å². The predicted octanol–water partition coefficient (Wildman–Crippen LogP) is 5.20. The maximum atomic E-state index is 13.0. The number of amides is 1. The average molecular weight is 484 g/mol. The second-order valence-electron chi connectivity index (χ2n) is 9.33. The van der Waals surface area contributed by atoms with E-state index in [0.29, 0.717) is 18.3 Å². The van der Waals surface area contributed by atoms with Crippen molar-refractivity contribution in [1.29, 1.82) is 0 Å². The number of carbonyl (C=O) groups excluding carboxylic acids is 1. The number of rotatable bonds is 8. The second-order valence-corrected chi connectivity index (χ2v) is 9.33. The van der Waals surface area contributed by atoms with E-state index in [1.807, 2.05) is 60.4 Å². The van der Waals surface area contributed by atoms with E-state index in [1.165, 1.54) is 6.42 Å². The van der Waals surface area contributed by atoms with Crippen LogP contribution in [0, 0.1) is 0 Å². The number of benzene rings is 2. The lowest BCUT2D eigenvalue weighted by Crippen LogP contribution is -2.40. The lowest BCUT2D eigenvalue weighted by atomic mass is 9.99. The molecule has 7 heteroatoms. The first kappa shape index (κ1) is 24.0. The monoisotopic (exact) mass is 483 g/mol. The molecule has 0 spiro atoms. The fourth-order valence-electron chi connectivity index (χ4n) is 5.07. The molecule has 36 heavy (non-hydrogen) atoms. The van der Waals surface area contributed by atoms with Crippen molar-refractivity contribution in [2.75, 3.05) is 19.6 Å². The number of carbonyl (C=O) groups is 1. The van der Waals surface area contributed by atoms with Gasteiger partial charge in [0.1, 0.15) is 11.5 Å². The quantitative estimate of drug-likeness (QED) is 0.373. The van der Waals surface area contributed by atoms with E-state index in [9.17, 15) is 4.79 Å². The molecule has 3 heterocycles. The molecule has 1 saturated heterocycles. The summed E-state index contributed by atoms with van der Waals surface area (Å²) in [5.41, 5.74) is 4.53. The summed E-state index contributed by atoms with van der Waals surface area (Å²) in [6, 6.07) is 16.1. The molecule has 4 aromatic rings. The molecule has 7 nitrogen and oxygen atoms in total. The van der Waals surface area contributed by atoms with Crippen molar-refractivity contribution in [2.24, 2.45) is 7.05 Å². The largest absolute Gasteiger partial charge is 0.457 e. The fourth-order valence-corrected chi connectivity index (χ4v) is 5.07. The molecule has 2 aromatic heterocycles. The maximum absolute atomic E-state index is 13.0. The van der Waals surface area contributed by atoms with Crippen LogP contribution >= 0.6 is 0 Å². The Kier molecular flexibility index (Phi) is 7.00. The minimum absolute atomic E-state index is 0.00282. The first-order valence-corrected chi connectivity index (χ1v) is 12.8. The zero-order valence-corrected chi connectivity index (χ0v) is 21.2. The number of hydrogen-bond acceptors (Lipinski definition) is 5. The molecule has 1 amide bonds. The summed E-state index contributed by atoms with van der Waals surface area (Å²) in [5, 5.41) is 8.53. The van der Waals surface area contributed by atoms with Gasteiger partial charge in [-0.05, 0) is 68.2 Å². The molecule has 1 aliphatic heterocycles. The van der Waals surface area contributed by atoms with Crippen LogP contribution < -0.4 is 10.1 Å². The third-order valence-electron chi connectivity index (χ3n) is 7.12. The molecule has 2 aromatic carbocycles. The zero-order valence-electron chi connectivity index (χ0n) is 21.2. The van der Waals surface area contributed by atoms with E-state index in [2.05, 4.69) is 40.2 Å². The number of nitrogens with zero attached hydrogens (tertiary/aromatic N) is 4. The molecule has 1 N–H and O–H groups in total. The van der Waals surface area contributed by atoms with Gasteiger partial charge < -0.3 is 10.1 Å². The van der Waals surface area contributed by atoms with Crippen molar-refractivity contribution in [3.63, 3.8) is 0 Å². The van der Waals surface area contributed by atoms with Crippen molar-refractivity contribution in [3.05, 3.63) is 72.1 Å². The van der Waals surface area contributed by atoms with E-state index in [4.69, 9.17) is 4.74 Å². The van der Waals surface area contributed by atoms with Crippen LogP contribution in [0.3, 0.4) is 0 Å². The number of ether oxygens (including phenoxy) is 1. The number of pyridine rings is 1. The second kappa shape index (κ2) is 10.5. The maximum Gasteiger partial charge on any atom is 0.251 e. The fraction of sp³-hybridized carbons (Fsp3) is 0.345. The average Bonchev–Trinajstić information content (AvgIpc) is 3.53. The number of nitrogens with one attached hydrogen (secondary N) is 1. The number of aryl methyl sites for hydroxylation is 2. The molecule has 0 bridgehead atoms. The van der Waals surface area contributed by atoms with Gasteiger partial charge in [-0.15, -0.1) is 0 Å². The van der Waals surface area contributed by atoms with Gasteiger partial charge in [-0.25, -0.2) is 0 Å². The lowest BCUT2D eigenvalue weighted by molar-refractivity contribution is 0.0940. The summed E-state index contributed by atoms with van der Waals surface area (Å²) >= 11 is 0. The van der Waals surface area contributed by atoms with E-state index in [1.54, 1.807) is 6.20 Å². The van der Waals surface area contributed by atoms with Gasteiger partial charge in [-0.1, -0.05) is 19.9 Å². The molecule has 0 saturated carbocycles. The molecular formula is C29H33N5O2. The van der Waals surface area contributed by atoms with Crippen LogP contribution in [0.2, 0.25) is 0 Å². The van der Waals surface area contributed by atoms with Crippen molar-refractivity contribution in [2.45, 2.75) is 39.2 Å². The zero-order chi connectivity index (χ0) is 25.1. The molecule has 1 unspecified atom stereocenters. The van der Waals surface area contributed by atoms with Crippen LogP contribution in [0.1, 0.15) is 42.6 Å². The Morgan fingerprint density at radius 1 is 1.11 bits per heavy atom. The Morgan fingerprint density at radius 2 is 1.97 bits per heavy atom. The first-order chi connectivity index (χ1) is 17.6. The normalized spacial score (nSPS) is 15.9. The van der Waals surface area contributed by atoms with E-state index in [-0.39, 0.29) is 5.91 Å². The van der Waals surface area contributed by atoms with Crippen LogP contribution in [0.25, 0.3) is 22.2 Å². The van der Waals surface area contributed by atoms with Gasteiger partial charge in [0, 0.05) is 54.5 Å². The van der Waals surface area contributed by atoms with Crippen LogP contribution in [-0.4, -0.2) is 51.2 Å². The minimum atomic E-state index is -0.00282. The Balaban J connectivity index is 1.32. The molecule has 1 atom stereocenters. The number of fused-ring (bicyclic) bond motifs is 1. The molecule has 186 valence electrons. The van der Waals surface area contributed by atoms with Crippen molar-refractivity contribution in [3.8, 4) is 22.8 Å². The highest BCUT2D eigenvalue weighted by Gasteiger charge is 2.23. The third kappa shape index (κ3) is 4.97. The number of likely N-dealkylation sites (tertiary alicyclic amines) is 1. The molecule has 0 radical (unpaired) electrons. The molecule has 0 aliphatic carbocycles. The topological polar surface area (TPSA) is 72.3 Å². The highest BCUT2D eigenvalue weighted by molar-refractivity contribution is 5.96. The van der Waals surface area contributed by atoms with Crippen LogP contribution in [-0.2, 0) is 13.5 Å². The van der Waals surface area contributed by atoms with Crippen molar-refractivity contribution in [1.82, 2.24) is 25.0 Å². The van der Waals surface area contributed by atoms with E-state index < -0.39 is 0 Å². The predicted molar refractivity (Wildman–Crippen MR) is 142 cm³/mol. The molecule has 5 rings (SSSR count). The highest BCUT2D eigenvalue weighted by Crippen LogP contribution is 2.29. The summed E-state index contributed by atoms with van der Waals surface area (Å²) in [6.07, 6.45) is 6.71. The van der Waals surface area contributed by atoms with E-state index >= 15 is 0 Å². The summed E-state index contributed by atoms with van der Waals surface area (Å²) in [7, 11) is 1.92. The van der Waals surface area contributed by atoms with Gasteiger partial charge in [0.15, 0.2) is 0 Å².